The van der Waals surface area contributed by atoms with Crippen molar-refractivity contribution in [2.45, 2.75) is 220 Å². The van der Waals surface area contributed by atoms with Crippen molar-refractivity contribution in [2.24, 2.45) is 5.92 Å². The van der Waals surface area contributed by atoms with E-state index < -0.39 is 0 Å². The van der Waals surface area contributed by atoms with Gasteiger partial charge in [0.1, 0.15) is 0 Å². The van der Waals surface area contributed by atoms with E-state index in [9.17, 15) is 0 Å². The average Bonchev–Trinajstić information content (AvgIpc) is 2.87. The minimum Gasteiger partial charge on any atom is -0.0654 e. The highest BCUT2D eigenvalue weighted by Crippen LogP contribution is 2.22. The smallest absolute Gasteiger partial charge is 0.0417 e. The van der Waals surface area contributed by atoms with Crippen LogP contribution in [0.1, 0.15) is 220 Å². The molecule has 212 valence electrons. The van der Waals surface area contributed by atoms with Gasteiger partial charge < -0.3 is 0 Å². The van der Waals surface area contributed by atoms with E-state index in [0.717, 1.165) is 5.92 Å². The van der Waals surface area contributed by atoms with Crippen molar-refractivity contribution in [3.05, 3.63) is 0 Å². The lowest BCUT2D eigenvalue weighted by molar-refractivity contribution is 0.392. The maximum atomic E-state index is 2.43. The average molecular weight is 493 g/mol. The second-order valence-corrected chi connectivity index (χ2v) is 12.0. The van der Waals surface area contributed by atoms with Crippen LogP contribution >= 0.6 is 0 Å². The number of hydrogen-bond donors (Lipinski definition) is 0. The van der Waals surface area contributed by atoms with E-state index in [-0.39, 0.29) is 0 Å². The Labute approximate surface area is 225 Å². The van der Waals surface area contributed by atoms with Crippen molar-refractivity contribution >= 4 is 0 Å². The molecule has 0 aromatic rings. The van der Waals surface area contributed by atoms with Crippen molar-refractivity contribution in [1.29, 1.82) is 0 Å². The SMILES string of the molecule is CCCCCCCCCCCCCCCCCCC(CC)CCCCCCCCCCCCCC. The Hall–Kier alpha value is 0. The molecule has 0 aromatic heterocycles. The summed E-state index contributed by atoms with van der Waals surface area (Å²) in [6, 6.07) is 0. The maximum absolute atomic E-state index is 2.43. The number of unbranched alkanes of at least 4 members (excludes halogenated alkanes) is 26. The molecule has 0 N–H and O–H groups in total. The zero-order valence-electron chi connectivity index (χ0n) is 25.5. The van der Waals surface area contributed by atoms with E-state index >= 15 is 0 Å². The molecule has 0 saturated carbocycles. The lowest BCUT2D eigenvalue weighted by atomic mass is 9.92. The molecule has 0 nitrogen and oxygen atoms in total. The van der Waals surface area contributed by atoms with Gasteiger partial charge in [-0.05, 0) is 5.92 Å². The molecule has 0 amide bonds. The predicted octanol–water partition coefficient (Wildman–Crippen LogP) is 13.8. The number of hydrogen-bond acceptors (Lipinski definition) is 0. The third kappa shape index (κ3) is 30.1. The highest BCUT2D eigenvalue weighted by atomic mass is 14.1. The van der Waals surface area contributed by atoms with Gasteiger partial charge in [0.25, 0.3) is 0 Å². The van der Waals surface area contributed by atoms with Gasteiger partial charge in [-0.25, -0.2) is 0 Å². The Kier molecular flexibility index (Phi) is 32.0. The zero-order chi connectivity index (χ0) is 25.5. The van der Waals surface area contributed by atoms with Crippen LogP contribution < -0.4 is 0 Å². The van der Waals surface area contributed by atoms with Crippen molar-refractivity contribution in [1.82, 2.24) is 0 Å². The van der Waals surface area contributed by atoms with Gasteiger partial charge in [-0.2, -0.15) is 0 Å². The summed E-state index contributed by atoms with van der Waals surface area (Å²) in [5, 5.41) is 0. The molecule has 1 atom stereocenters. The van der Waals surface area contributed by atoms with Crippen LogP contribution in [0.3, 0.4) is 0 Å². The monoisotopic (exact) mass is 493 g/mol. The first-order valence-corrected chi connectivity index (χ1v) is 17.3. The molecule has 1 unspecified atom stereocenters. The molecule has 0 bridgehead atoms. The Balaban J connectivity index is 3.25. The van der Waals surface area contributed by atoms with E-state index in [1.807, 2.05) is 0 Å². The van der Waals surface area contributed by atoms with Gasteiger partial charge in [0.05, 0.1) is 0 Å². The van der Waals surface area contributed by atoms with E-state index in [4.69, 9.17) is 0 Å². The van der Waals surface area contributed by atoms with Crippen molar-refractivity contribution in [2.75, 3.05) is 0 Å². The third-order valence-corrected chi connectivity index (χ3v) is 8.51. The molecular weight excluding hydrogens is 420 g/mol. The fraction of sp³-hybridized carbons (Fsp3) is 1.00. The van der Waals surface area contributed by atoms with Gasteiger partial charge in [0.2, 0.25) is 0 Å². The summed E-state index contributed by atoms with van der Waals surface area (Å²) in [6.45, 7) is 7.05. The molecule has 0 radical (unpaired) electrons. The fourth-order valence-corrected chi connectivity index (χ4v) is 5.81. The van der Waals surface area contributed by atoms with Crippen LogP contribution in [0.25, 0.3) is 0 Å². The lowest BCUT2D eigenvalue weighted by Crippen LogP contribution is -1.99. The van der Waals surface area contributed by atoms with Gasteiger partial charge in [0, 0.05) is 0 Å². The van der Waals surface area contributed by atoms with Crippen LogP contribution in [0.5, 0.6) is 0 Å². The maximum Gasteiger partial charge on any atom is -0.0417 e. The molecule has 0 heteroatoms. The highest BCUT2D eigenvalue weighted by molar-refractivity contribution is 4.59. The van der Waals surface area contributed by atoms with E-state index in [2.05, 4.69) is 20.8 Å². The first-order valence-electron chi connectivity index (χ1n) is 17.3. The van der Waals surface area contributed by atoms with Crippen molar-refractivity contribution < 1.29 is 0 Å². The molecule has 0 heterocycles. The van der Waals surface area contributed by atoms with E-state index in [1.54, 1.807) is 0 Å². The predicted molar refractivity (Wildman–Crippen MR) is 164 cm³/mol. The van der Waals surface area contributed by atoms with Crippen molar-refractivity contribution in [3.8, 4) is 0 Å². The largest absolute Gasteiger partial charge is 0.0654 e. The summed E-state index contributed by atoms with van der Waals surface area (Å²) in [5.41, 5.74) is 0. The van der Waals surface area contributed by atoms with Crippen LogP contribution in [-0.2, 0) is 0 Å². The molecule has 0 fully saturated rings. The van der Waals surface area contributed by atoms with Crippen LogP contribution in [0.15, 0.2) is 0 Å². The molecule has 0 aromatic carbocycles. The molecular formula is C35H72. The zero-order valence-corrected chi connectivity index (χ0v) is 25.5. The van der Waals surface area contributed by atoms with Crippen LogP contribution in [0.2, 0.25) is 0 Å². The summed E-state index contributed by atoms with van der Waals surface area (Å²) >= 11 is 0. The van der Waals surface area contributed by atoms with E-state index in [0.29, 0.717) is 0 Å². The summed E-state index contributed by atoms with van der Waals surface area (Å²) in [5.74, 6) is 1.02. The Morgan fingerprint density at radius 1 is 0.257 bits per heavy atom. The minimum atomic E-state index is 1.02. The summed E-state index contributed by atoms with van der Waals surface area (Å²) in [4.78, 5) is 0. The fourth-order valence-electron chi connectivity index (χ4n) is 5.81. The first-order chi connectivity index (χ1) is 17.3. The second kappa shape index (κ2) is 32.0. The Bertz CT molecular complexity index is 346. The van der Waals surface area contributed by atoms with Gasteiger partial charge in [-0.15, -0.1) is 0 Å². The van der Waals surface area contributed by atoms with E-state index in [1.165, 1.54) is 199 Å². The second-order valence-electron chi connectivity index (χ2n) is 12.0. The summed E-state index contributed by atoms with van der Waals surface area (Å²) < 4.78 is 0. The molecule has 35 heavy (non-hydrogen) atoms. The van der Waals surface area contributed by atoms with Gasteiger partial charge in [0.15, 0.2) is 0 Å². The minimum absolute atomic E-state index is 1.02. The van der Waals surface area contributed by atoms with Gasteiger partial charge in [-0.1, -0.05) is 220 Å². The quantitative estimate of drug-likeness (QED) is 0.0844. The molecule has 0 aliphatic rings. The molecule has 0 spiro atoms. The Morgan fingerprint density at radius 3 is 0.657 bits per heavy atom. The normalized spacial score (nSPS) is 12.4. The molecule has 0 saturated heterocycles. The topological polar surface area (TPSA) is 0 Å². The Morgan fingerprint density at radius 2 is 0.457 bits per heavy atom. The third-order valence-electron chi connectivity index (χ3n) is 8.51. The van der Waals surface area contributed by atoms with Crippen molar-refractivity contribution in [3.63, 3.8) is 0 Å². The van der Waals surface area contributed by atoms with Crippen LogP contribution in [0.4, 0.5) is 0 Å². The first kappa shape index (κ1) is 35.0. The molecule has 0 rings (SSSR count). The van der Waals surface area contributed by atoms with Gasteiger partial charge in [-0.3, -0.25) is 0 Å². The molecule has 0 aliphatic carbocycles. The molecule has 0 aliphatic heterocycles. The van der Waals surface area contributed by atoms with Gasteiger partial charge >= 0.3 is 0 Å². The summed E-state index contributed by atoms with van der Waals surface area (Å²) in [7, 11) is 0. The van der Waals surface area contributed by atoms with Crippen LogP contribution in [0, 0.1) is 5.92 Å². The summed E-state index contributed by atoms with van der Waals surface area (Å²) in [6.07, 6.45) is 45.8. The lowest BCUT2D eigenvalue weighted by Gasteiger charge is -2.14. The standard InChI is InChI=1S/C35H72/c1-4-7-9-11-13-15-17-19-20-21-22-24-26-28-30-32-34-35(6-3)33-31-29-27-25-23-18-16-14-12-10-8-5-2/h35H,4-34H2,1-3H3. The van der Waals surface area contributed by atoms with Crippen LogP contribution in [-0.4, -0.2) is 0 Å². The number of rotatable bonds is 31. The highest BCUT2D eigenvalue weighted by Gasteiger charge is 2.06.